The van der Waals surface area contributed by atoms with Gasteiger partial charge in [-0.25, -0.2) is 0 Å². The van der Waals surface area contributed by atoms with Crippen LogP contribution in [0.5, 0.6) is 0 Å². The molecule has 0 bridgehead atoms. The van der Waals surface area contributed by atoms with Gasteiger partial charge in [0.1, 0.15) is 0 Å². The fourth-order valence-electron chi connectivity index (χ4n) is 3.26. The van der Waals surface area contributed by atoms with Gasteiger partial charge >= 0.3 is 146 Å². The van der Waals surface area contributed by atoms with E-state index >= 15 is 0 Å². The van der Waals surface area contributed by atoms with E-state index in [1.54, 1.807) is 0 Å². The Morgan fingerprint density at radius 3 is 2.21 bits per heavy atom. The minimum absolute atomic E-state index is 1.06. The van der Waals surface area contributed by atoms with Crippen molar-refractivity contribution in [3.05, 3.63) is 72.9 Å². The SMILES string of the molecule is [CH3][Ge]([CH3])([CH3])[c]1ccc(-c2cccc3c2ccc2ccccc23)nc1. The van der Waals surface area contributed by atoms with Crippen LogP contribution in [0.15, 0.2) is 72.9 Å². The van der Waals surface area contributed by atoms with Crippen LogP contribution in [-0.2, 0) is 0 Å². The number of benzene rings is 3. The molecule has 0 aliphatic rings. The number of hydrogen-bond acceptors (Lipinski definition) is 1. The van der Waals surface area contributed by atoms with Gasteiger partial charge in [0, 0.05) is 0 Å². The zero-order valence-electron chi connectivity index (χ0n) is 14.4. The summed E-state index contributed by atoms with van der Waals surface area (Å²) in [5.41, 5.74) is 2.28. The summed E-state index contributed by atoms with van der Waals surface area (Å²) in [7, 11) is 0. The molecule has 1 heterocycles. The summed E-state index contributed by atoms with van der Waals surface area (Å²) in [6.07, 6.45) is 2.09. The molecule has 3 aromatic carbocycles. The van der Waals surface area contributed by atoms with E-state index in [9.17, 15) is 0 Å². The molecule has 2 heteroatoms. The molecule has 118 valence electrons. The van der Waals surface area contributed by atoms with Crippen molar-refractivity contribution in [1.29, 1.82) is 0 Å². The third kappa shape index (κ3) is 2.63. The van der Waals surface area contributed by atoms with E-state index in [0.29, 0.717) is 0 Å². The summed E-state index contributed by atoms with van der Waals surface area (Å²) in [6.45, 7) is 0. The van der Waals surface area contributed by atoms with E-state index in [-0.39, 0.29) is 0 Å². The van der Waals surface area contributed by atoms with Crippen molar-refractivity contribution in [3.63, 3.8) is 0 Å². The molecule has 0 aliphatic heterocycles. The Balaban J connectivity index is 1.92. The van der Waals surface area contributed by atoms with Crippen LogP contribution in [-0.4, -0.2) is 18.3 Å². The molecular formula is C22H21GeN. The minimum atomic E-state index is -1.81. The second kappa shape index (κ2) is 5.75. The first-order chi connectivity index (χ1) is 11.5. The molecule has 0 unspecified atom stereocenters. The van der Waals surface area contributed by atoms with E-state index in [0.717, 1.165) is 5.69 Å². The van der Waals surface area contributed by atoms with Gasteiger partial charge in [-0.2, -0.15) is 0 Å². The van der Waals surface area contributed by atoms with Gasteiger partial charge in [-0.15, -0.1) is 0 Å². The van der Waals surface area contributed by atoms with Gasteiger partial charge in [0.2, 0.25) is 0 Å². The first-order valence-corrected chi connectivity index (χ1v) is 15.8. The summed E-state index contributed by atoms with van der Waals surface area (Å²) in [4.78, 5) is 4.79. The van der Waals surface area contributed by atoms with Crippen molar-refractivity contribution in [3.8, 4) is 11.3 Å². The van der Waals surface area contributed by atoms with Crippen molar-refractivity contribution in [2.75, 3.05) is 0 Å². The average molecular weight is 372 g/mol. The maximum atomic E-state index is 4.79. The van der Waals surface area contributed by atoms with Crippen LogP contribution >= 0.6 is 0 Å². The third-order valence-electron chi connectivity index (χ3n) is 4.69. The molecule has 0 amide bonds. The van der Waals surface area contributed by atoms with Gasteiger partial charge in [-0.3, -0.25) is 0 Å². The van der Waals surface area contributed by atoms with E-state index in [1.165, 1.54) is 31.5 Å². The molecule has 0 fully saturated rings. The Morgan fingerprint density at radius 1 is 0.667 bits per heavy atom. The Bertz CT molecular complexity index is 1030. The molecule has 0 atom stereocenters. The van der Waals surface area contributed by atoms with Gasteiger partial charge in [0.05, 0.1) is 0 Å². The first-order valence-electron chi connectivity index (χ1n) is 8.41. The maximum absolute atomic E-state index is 4.79. The van der Waals surface area contributed by atoms with Crippen LogP contribution in [0.4, 0.5) is 0 Å². The summed E-state index contributed by atoms with van der Waals surface area (Å²) < 4.78 is 1.45. The first kappa shape index (κ1) is 15.4. The fraction of sp³-hybridized carbons (Fsp3) is 0.136. The molecule has 4 aromatic rings. The topological polar surface area (TPSA) is 12.9 Å². The van der Waals surface area contributed by atoms with Crippen LogP contribution < -0.4 is 4.40 Å². The Labute approximate surface area is 145 Å². The standard InChI is InChI=1S/C22H21GeN/c1-23(2,3)17-12-14-22(24-15-17)21-10-6-9-19-18-8-5-4-7-16(18)11-13-20(19)21/h4-15H,1-3H3. The average Bonchev–Trinajstić information content (AvgIpc) is 2.60. The molecule has 0 saturated heterocycles. The van der Waals surface area contributed by atoms with Crippen molar-refractivity contribution >= 4 is 39.2 Å². The van der Waals surface area contributed by atoms with Gasteiger partial charge in [-0.1, -0.05) is 0 Å². The van der Waals surface area contributed by atoms with Gasteiger partial charge < -0.3 is 0 Å². The second-order valence-corrected chi connectivity index (χ2v) is 18.0. The predicted octanol–water partition coefficient (Wildman–Crippen LogP) is 5.60. The molecule has 4 rings (SSSR count). The van der Waals surface area contributed by atoms with Crippen LogP contribution in [0.2, 0.25) is 17.3 Å². The van der Waals surface area contributed by atoms with Gasteiger partial charge in [0.15, 0.2) is 0 Å². The quantitative estimate of drug-likeness (QED) is 0.330. The number of nitrogens with zero attached hydrogens (tertiary/aromatic N) is 1. The molecule has 0 spiro atoms. The molecule has 0 radical (unpaired) electrons. The number of rotatable bonds is 2. The van der Waals surface area contributed by atoms with E-state index in [2.05, 4.69) is 90.2 Å². The fourth-order valence-corrected chi connectivity index (χ4v) is 5.43. The molecule has 24 heavy (non-hydrogen) atoms. The van der Waals surface area contributed by atoms with E-state index in [1.807, 2.05) is 0 Å². The third-order valence-corrected chi connectivity index (χ3v) is 8.95. The Morgan fingerprint density at radius 2 is 1.46 bits per heavy atom. The van der Waals surface area contributed by atoms with Gasteiger partial charge in [0.25, 0.3) is 0 Å². The zero-order valence-corrected chi connectivity index (χ0v) is 16.5. The number of aromatic nitrogens is 1. The van der Waals surface area contributed by atoms with Crippen molar-refractivity contribution in [2.24, 2.45) is 0 Å². The molecule has 0 saturated carbocycles. The van der Waals surface area contributed by atoms with Crippen LogP contribution in [0.25, 0.3) is 32.8 Å². The van der Waals surface area contributed by atoms with Crippen molar-refractivity contribution < 1.29 is 0 Å². The number of hydrogen-bond donors (Lipinski definition) is 0. The molecule has 1 nitrogen and oxygen atoms in total. The second-order valence-electron chi connectivity index (χ2n) is 7.37. The predicted molar refractivity (Wildman–Crippen MR) is 108 cm³/mol. The van der Waals surface area contributed by atoms with Crippen LogP contribution in [0, 0.1) is 0 Å². The van der Waals surface area contributed by atoms with E-state index in [4.69, 9.17) is 4.98 Å². The molecule has 1 aromatic heterocycles. The zero-order chi connectivity index (χ0) is 16.7. The number of pyridine rings is 1. The Kier molecular flexibility index (Phi) is 3.69. The summed E-state index contributed by atoms with van der Waals surface area (Å²) in [5.74, 6) is 7.21. The molecule has 0 aliphatic carbocycles. The summed E-state index contributed by atoms with van der Waals surface area (Å²) in [6, 6.07) is 24.0. The normalized spacial score (nSPS) is 12.0. The van der Waals surface area contributed by atoms with Crippen molar-refractivity contribution in [2.45, 2.75) is 17.3 Å². The van der Waals surface area contributed by atoms with Crippen molar-refractivity contribution in [1.82, 2.24) is 4.98 Å². The Hall–Kier alpha value is -2.13. The molecule has 0 N–H and O–H groups in total. The summed E-state index contributed by atoms with van der Waals surface area (Å²) in [5, 5.41) is 5.16. The van der Waals surface area contributed by atoms with Crippen LogP contribution in [0.3, 0.4) is 0 Å². The van der Waals surface area contributed by atoms with Gasteiger partial charge in [-0.05, 0) is 0 Å². The summed E-state index contributed by atoms with van der Waals surface area (Å²) >= 11 is -1.81. The monoisotopic (exact) mass is 373 g/mol. The number of fused-ring (bicyclic) bond motifs is 3. The van der Waals surface area contributed by atoms with E-state index < -0.39 is 13.3 Å². The van der Waals surface area contributed by atoms with Crippen LogP contribution in [0.1, 0.15) is 0 Å². The molecular weight excluding hydrogens is 351 g/mol.